The van der Waals surface area contributed by atoms with Crippen LogP contribution in [0.1, 0.15) is 32.3 Å². The fraction of sp³-hybridized carbons (Fsp3) is 0.533. The van der Waals surface area contributed by atoms with Crippen LogP contribution in [0.4, 0.5) is 4.39 Å². The predicted octanol–water partition coefficient (Wildman–Crippen LogP) is 4.03. The van der Waals surface area contributed by atoms with E-state index in [9.17, 15) is 14.3 Å². The molecule has 1 aliphatic rings. The maximum atomic E-state index is 14.3. The number of nitrogens with zero attached hydrogens (tertiary/aromatic N) is 1. The maximum absolute atomic E-state index is 14.3. The number of aliphatic carboxylic acids is 1. The first kappa shape index (κ1) is 16.5. The number of hydrogen-bond acceptors (Lipinski definition) is 2. The lowest BCUT2D eigenvalue weighted by Crippen LogP contribution is -2.40. The summed E-state index contributed by atoms with van der Waals surface area (Å²) in [5.74, 6) is -2.64. The van der Waals surface area contributed by atoms with Gasteiger partial charge in [-0.1, -0.05) is 23.2 Å². The summed E-state index contributed by atoms with van der Waals surface area (Å²) in [6.07, 6.45) is 0. The Bertz CT molecular complexity index is 572. The average molecular weight is 334 g/mol. The van der Waals surface area contributed by atoms with Gasteiger partial charge >= 0.3 is 5.97 Å². The first-order valence-corrected chi connectivity index (χ1v) is 7.49. The molecule has 3 nitrogen and oxygen atoms in total. The van der Waals surface area contributed by atoms with Crippen LogP contribution in [0.15, 0.2) is 12.1 Å². The van der Waals surface area contributed by atoms with Crippen molar-refractivity contribution in [3.05, 3.63) is 33.6 Å². The molecule has 0 unspecified atom stereocenters. The van der Waals surface area contributed by atoms with Crippen molar-refractivity contribution in [2.24, 2.45) is 5.92 Å². The van der Waals surface area contributed by atoms with Crippen molar-refractivity contribution in [3.63, 3.8) is 0 Å². The molecule has 1 saturated heterocycles. The van der Waals surface area contributed by atoms with Crippen LogP contribution in [0.2, 0.25) is 10.0 Å². The van der Waals surface area contributed by atoms with Crippen molar-refractivity contribution in [1.29, 1.82) is 0 Å². The number of carbonyl (C=O) groups is 1. The zero-order valence-electron chi connectivity index (χ0n) is 12.2. The van der Waals surface area contributed by atoms with Crippen molar-refractivity contribution in [2.45, 2.75) is 32.2 Å². The van der Waals surface area contributed by atoms with Crippen molar-refractivity contribution in [2.75, 3.05) is 13.1 Å². The number of benzene rings is 1. The van der Waals surface area contributed by atoms with Crippen LogP contribution in [0.25, 0.3) is 0 Å². The summed E-state index contributed by atoms with van der Waals surface area (Å²) in [6, 6.07) is 2.81. The number of likely N-dealkylation sites (tertiary alicyclic amines) is 1. The Hall–Kier alpha value is -0.840. The third-order valence-electron chi connectivity index (χ3n) is 4.01. The summed E-state index contributed by atoms with van der Waals surface area (Å²) < 4.78 is 14.3. The predicted molar refractivity (Wildman–Crippen MR) is 81.6 cm³/mol. The number of carboxylic acid groups (broad SMARTS) is 1. The maximum Gasteiger partial charge on any atom is 0.308 e. The molecule has 0 bridgehead atoms. The molecule has 1 fully saturated rings. The molecule has 1 aromatic rings. The Morgan fingerprint density at radius 1 is 1.33 bits per heavy atom. The van der Waals surface area contributed by atoms with Crippen LogP contribution in [0.3, 0.4) is 0 Å². The van der Waals surface area contributed by atoms with Gasteiger partial charge in [0, 0.05) is 29.6 Å². The van der Waals surface area contributed by atoms with Crippen LogP contribution in [0.5, 0.6) is 0 Å². The standard InChI is InChI=1S/C15H18Cl2FNO2/c1-15(2,3)19-6-10(11(7-19)14(20)21)9-4-8(16)5-12(17)13(9)18/h4-5,10-11H,6-7H2,1-3H3,(H,20,21)/t10-,11+/m0/s1. The van der Waals surface area contributed by atoms with E-state index in [2.05, 4.69) is 0 Å². The van der Waals surface area contributed by atoms with Gasteiger partial charge in [-0.2, -0.15) is 0 Å². The second-order valence-corrected chi connectivity index (χ2v) is 7.26. The summed E-state index contributed by atoms with van der Waals surface area (Å²) in [7, 11) is 0. The fourth-order valence-electron chi connectivity index (χ4n) is 2.76. The highest BCUT2D eigenvalue weighted by Crippen LogP contribution is 2.39. The van der Waals surface area contributed by atoms with E-state index in [0.29, 0.717) is 18.1 Å². The summed E-state index contributed by atoms with van der Waals surface area (Å²) in [4.78, 5) is 13.6. The van der Waals surface area contributed by atoms with Gasteiger partial charge in [-0.05, 0) is 38.5 Å². The Morgan fingerprint density at radius 3 is 2.48 bits per heavy atom. The third kappa shape index (κ3) is 3.33. The summed E-state index contributed by atoms with van der Waals surface area (Å²) in [6.45, 7) is 6.88. The highest BCUT2D eigenvalue weighted by atomic mass is 35.5. The molecule has 0 aliphatic carbocycles. The molecule has 0 saturated carbocycles. The van der Waals surface area contributed by atoms with Gasteiger partial charge < -0.3 is 5.11 Å². The lowest BCUT2D eigenvalue weighted by atomic mass is 9.88. The minimum absolute atomic E-state index is 0.0733. The van der Waals surface area contributed by atoms with Crippen molar-refractivity contribution in [3.8, 4) is 0 Å². The van der Waals surface area contributed by atoms with Crippen LogP contribution in [0, 0.1) is 11.7 Å². The molecule has 1 aromatic carbocycles. The molecule has 0 aromatic heterocycles. The lowest BCUT2D eigenvalue weighted by molar-refractivity contribution is -0.141. The topological polar surface area (TPSA) is 40.5 Å². The fourth-order valence-corrected chi connectivity index (χ4v) is 3.27. The summed E-state index contributed by atoms with van der Waals surface area (Å²) >= 11 is 11.8. The second kappa shape index (κ2) is 5.75. The van der Waals surface area contributed by atoms with Gasteiger partial charge in [0.2, 0.25) is 0 Å². The first-order valence-electron chi connectivity index (χ1n) is 6.73. The van der Waals surface area contributed by atoms with Crippen LogP contribution >= 0.6 is 23.2 Å². The van der Waals surface area contributed by atoms with Gasteiger partial charge in [0.1, 0.15) is 5.82 Å². The molecular formula is C15H18Cl2FNO2. The molecule has 1 N–H and O–H groups in total. The Labute approximate surface area is 133 Å². The molecular weight excluding hydrogens is 316 g/mol. The van der Waals surface area contributed by atoms with E-state index in [4.69, 9.17) is 23.2 Å². The van der Waals surface area contributed by atoms with Gasteiger partial charge in [0.15, 0.2) is 0 Å². The number of rotatable bonds is 2. The number of halogens is 3. The van der Waals surface area contributed by atoms with E-state index in [1.54, 1.807) is 0 Å². The van der Waals surface area contributed by atoms with Gasteiger partial charge in [0.25, 0.3) is 0 Å². The SMILES string of the molecule is CC(C)(C)N1C[C@@H](C(=O)O)[C@H](c2cc(Cl)cc(Cl)c2F)C1. The van der Waals surface area contributed by atoms with E-state index >= 15 is 0 Å². The van der Waals surface area contributed by atoms with Gasteiger partial charge in [0.05, 0.1) is 10.9 Å². The van der Waals surface area contributed by atoms with Gasteiger partial charge in [-0.15, -0.1) is 0 Å². The molecule has 116 valence electrons. The van der Waals surface area contributed by atoms with E-state index in [1.165, 1.54) is 12.1 Å². The summed E-state index contributed by atoms with van der Waals surface area (Å²) in [5, 5.41) is 9.68. The number of hydrogen-bond donors (Lipinski definition) is 1. The molecule has 1 aliphatic heterocycles. The van der Waals surface area contributed by atoms with E-state index in [1.807, 2.05) is 25.7 Å². The van der Waals surface area contributed by atoms with E-state index < -0.39 is 23.6 Å². The van der Waals surface area contributed by atoms with Crippen LogP contribution in [-0.4, -0.2) is 34.6 Å². The van der Waals surface area contributed by atoms with Crippen LogP contribution < -0.4 is 0 Å². The van der Waals surface area contributed by atoms with E-state index in [0.717, 1.165) is 0 Å². The monoisotopic (exact) mass is 333 g/mol. The smallest absolute Gasteiger partial charge is 0.308 e. The quantitative estimate of drug-likeness (QED) is 0.830. The second-order valence-electron chi connectivity index (χ2n) is 6.42. The Balaban J connectivity index is 2.44. The number of carboxylic acids is 1. The molecule has 6 heteroatoms. The highest BCUT2D eigenvalue weighted by molar-refractivity contribution is 6.34. The van der Waals surface area contributed by atoms with E-state index in [-0.39, 0.29) is 16.1 Å². The molecule has 1 heterocycles. The molecule has 2 rings (SSSR count). The normalized spacial score (nSPS) is 23.5. The molecule has 0 spiro atoms. The lowest BCUT2D eigenvalue weighted by Gasteiger charge is -2.31. The third-order valence-corrected chi connectivity index (χ3v) is 4.50. The zero-order valence-corrected chi connectivity index (χ0v) is 13.7. The first-order chi connectivity index (χ1) is 9.61. The van der Waals surface area contributed by atoms with Gasteiger partial charge in [-0.3, -0.25) is 9.69 Å². The molecule has 21 heavy (non-hydrogen) atoms. The summed E-state index contributed by atoms with van der Waals surface area (Å²) in [5.41, 5.74) is 0.105. The molecule has 2 atom stereocenters. The zero-order chi connectivity index (χ0) is 15.9. The Morgan fingerprint density at radius 2 is 1.95 bits per heavy atom. The van der Waals surface area contributed by atoms with Crippen LogP contribution in [-0.2, 0) is 4.79 Å². The minimum atomic E-state index is -0.928. The highest BCUT2D eigenvalue weighted by Gasteiger charge is 2.43. The Kier molecular flexibility index (Phi) is 4.52. The largest absolute Gasteiger partial charge is 0.481 e. The average Bonchev–Trinajstić information content (AvgIpc) is 2.78. The van der Waals surface area contributed by atoms with Gasteiger partial charge in [-0.25, -0.2) is 4.39 Å². The van der Waals surface area contributed by atoms with Crippen molar-refractivity contribution >= 4 is 29.2 Å². The molecule has 0 radical (unpaired) electrons. The minimum Gasteiger partial charge on any atom is -0.481 e. The van der Waals surface area contributed by atoms with Crippen molar-refractivity contribution < 1.29 is 14.3 Å². The molecule has 0 amide bonds. The van der Waals surface area contributed by atoms with Crippen molar-refractivity contribution in [1.82, 2.24) is 4.90 Å².